The standard InChI is InChI=1S/C25H21N3O5S/c1-15-8-10-19(30-2)18(12-15)26-23(29)22(16-6-4-3-5-7-16)34-25-28-27-24(33-25)17-9-11-20-21(13-17)32-14-31-20/h3-13,22H,14H2,1-2H3,(H,26,29)/t22-/m1/s1. The topological polar surface area (TPSA) is 95.7 Å². The Morgan fingerprint density at radius 1 is 1.03 bits per heavy atom. The number of aromatic nitrogens is 2. The van der Waals surface area contributed by atoms with E-state index in [1.807, 2.05) is 61.5 Å². The van der Waals surface area contributed by atoms with Crippen LogP contribution in [0.5, 0.6) is 17.2 Å². The maximum absolute atomic E-state index is 13.4. The van der Waals surface area contributed by atoms with Gasteiger partial charge in [0.2, 0.25) is 18.6 Å². The average Bonchev–Trinajstić information content (AvgIpc) is 3.52. The molecule has 9 heteroatoms. The summed E-state index contributed by atoms with van der Waals surface area (Å²) in [4.78, 5) is 13.4. The summed E-state index contributed by atoms with van der Waals surface area (Å²) in [5.41, 5.74) is 3.11. The van der Waals surface area contributed by atoms with E-state index in [0.29, 0.717) is 34.4 Å². The number of thioether (sulfide) groups is 1. The molecule has 2 heterocycles. The molecule has 0 spiro atoms. The zero-order chi connectivity index (χ0) is 23.5. The normalized spacial score (nSPS) is 12.9. The number of carbonyl (C=O) groups is 1. The number of methoxy groups -OCH3 is 1. The lowest BCUT2D eigenvalue weighted by atomic mass is 10.1. The van der Waals surface area contributed by atoms with E-state index in [1.165, 1.54) is 11.8 Å². The second-order valence-corrected chi connectivity index (χ2v) is 8.60. The lowest BCUT2D eigenvalue weighted by Crippen LogP contribution is -2.19. The molecule has 34 heavy (non-hydrogen) atoms. The summed E-state index contributed by atoms with van der Waals surface area (Å²) in [6.07, 6.45) is 0. The van der Waals surface area contributed by atoms with Crippen LogP contribution >= 0.6 is 11.8 Å². The average molecular weight is 476 g/mol. The smallest absolute Gasteiger partial charge is 0.277 e. The van der Waals surface area contributed by atoms with Gasteiger partial charge in [0, 0.05) is 5.56 Å². The predicted octanol–water partition coefficient (Wildman–Crippen LogP) is 5.25. The first-order valence-electron chi connectivity index (χ1n) is 10.5. The first-order chi connectivity index (χ1) is 16.6. The van der Waals surface area contributed by atoms with Crippen LogP contribution in [0.1, 0.15) is 16.4 Å². The summed E-state index contributed by atoms with van der Waals surface area (Å²) in [5, 5.41) is 10.9. The van der Waals surface area contributed by atoms with E-state index in [0.717, 1.165) is 11.1 Å². The van der Waals surface area contributed by atoms with Gasteiger partial charge in [0.05, 0.1) is 12.8 Å². The van der Waals surface area contributed by atoms with Crippen molar-refractivity contribution in [3.05, 3.63) is 77.9 Å². The Morgan fingerprint density at radius 2 is 1.85 bits per heavy atom. The molecule has 1 amide bonds. The lowest BCUT2D eigenvalue weighted by molar-refractivity contribution is -0.115. The second-order valence-electron chi connectivity index (χ2n) is 7.54. The number of ether oxygens (including phenoxy) is 3. The van der Waals surface area contributed by atoms with Crippen molar-refractivity contribution in [2.45, 2.75) is 17.4 Å². The highest BCUT2D eigenvalue weighted by Crippen LogP contribution is 2.39. The maximum Gasteiger partial charge on any atom is 0.277 e. The molecule has 172 valence electrons. The molecule has 0 radical (unpaired) electrons. The van der Waals surface area contributed by atoms with Crippen molar-refractivity contribution in [1.82, 2.24) is 10.2 Å². The minimum atomic E-state index is -0.628. The Balaban J connectivity index is 1.40. The molecular weight excluding hydrogens is 454 g/mol. The molecule has 4 aromatic rings. The molecule has 0 unspecified atom stereocenters. The SMILES string of the molecule is COc1ccc(C)cc1NC(=O)[C@H](Sc1nnc(-c2ccc3c(c2)OCO3)o1)c1ccccc1. The van der Waals surface area contributed by atoms with Gasteiger partial charge in [-0.25, -0.2) is 0 Å². The number of carbonyl (C=O) groups excluding carboxylic acids is 1. The van der Waals surface area contributed by atoms with Crippen LogP contribution in [0.25, 0.3) is 11.5 Å². The predicted molar refractivity (Wildman–Crippen MR) is 127 cm³/mol. The largest absolute Gasteiger partial charge is 0.495 e. The van der Waals surface area contributed by atoms with E-state index >= 15 is 0 Å². The van der Waals surface area contributed by atoms with Crippen molar-refractivity contribution in [3.63, 3.8) is 0 Å². The molecule has 1 aliphatic rings. The van der Waals surface area contributed by atoms with Crippen molar-refractivity contribution in [2.75, 3.05) is 19.2 Å². The molecule has 1 atom stereocenters. The molecule has 8 nitrogen and oxygen atoms in total. The van der Waals surface area contributed by atoms with Gasteiger partial charge >= 0.3 is 0 Å². The molecule has 1 aliphatic heterocycles. The Morgan fingerprint density at radius 3 is 2.68 bits per heavy atom. The Kier molecular flexibility index (Phi) is 6.09. The Labute approximate surface area is 200 Å². The Hall–Kier alpha value is -3.98. The molecular formula is C25H21N3O5S. The van der Waals surface area contributed by atoms with Crippen LogP contribution in [-0.4, -0.2) is 30.0 Å². The van der Waals surface area contributed by atoms with Crippen molar-refractivity contribution >= 4 is 23.4 Å². The third-order valence-electron chi connectivity index (χ3n) is 5.20. The van der Waals surface area contributed by atoms with Crippen molar-refractivity contribution in [3.8, 4) is 28.7 Å². The third kappa shape index (κ3) is 4.55. The van der Waals surface area contributed by atoms with Crippen LogP contribution in [0, 0.1) is 6.92 Å². The number of nitrogens with zero attached hydrogens (tertiary/aromatic N) is 2. The van der Waals surface area contributed by atoms with E-state index in [4.69, 9.17) is 18.6 Å². The summed E-state index contributed by atoms with van der Waals surface area (Å²) < 4.78 is 22.1. The summed E-state index contributed by atoms with van der Waals surface area (Å²) >= 11 is 1.18. The van der Waals surface area contributed by atoms with Crippen molar-refractivity contribution in [1.29, 1.82) is 0 Å². The van der Waals surface area contributed by atoms with Gasteiger partial charge in [-0.05, 0) is 60.1 Å². The van der Waals surface area contributed by atoms with E-state index < -0.39 is 5.25 Å². The summed E-state index contributed by atoms with van der Waals surface area (Å²) in [5.74, 6) is 1.97. The highest BCUT2D eigenvalue weighted by molar-refractivity contribution is 8.00. The third-order valence-corrected chi connectivity index (χ3v) is 6.29. The molecule has 0 aliphatic carbocycles. The fraction of sp³-hybridized carbons (Fsp3) is 0.160. The number of benzene rings is 3. The van der Waals surface area contributed by atoms with E-state index in [9.17, 15) is 4.79 Å². The molecule has 1 aromatic heterocycles. The minimum Gasteiger partial charge on any atom is -0.495 e. The number of amides is 1. The molecule has 5 rings (SSSR count). The quantitative estimate of drug-likeness (QED) is 0.362. The first kappa shape index (κ1) is 21.8. The zero-order valence-corrected chi connectivity index (χ0v) is 19.3. The molecule has 0 saturated carbocycles. The van der Waals surface area contributed by atoms with E-state index in [1.54, 1.807) is 19.2 Å². The van der Waals surface area contributed by atoms with E-state index in [-0.39, 0.29) is 17.9 Å². The van der Waals surface area contributed by atoms with Gasteiger partial charge in [-0.1, -0.05) is 36.4 Å². The summed E-state index contributed by atoms with van der Waals surface area (Å²) in [6.45, 7) is 2.14. The first-order valence-corrected chi connectivity index (χ1v) is 11.4. The van der Waals surface area contributed by atoms with Gasteiger partial charge in [0.15, 0.2) is 11.5 Å². The van der Waals surface area contributed by atoms with Crippen LogP contribution in [0.4, 0.5) is 5.69 Å². The van der Waals surface area contributed by atoms with Crippen molar-refractivity contribution in [2.24, 2.45) is 0 Å². The number of hydrogen-bond acceptors (Lipinski definition) is 8. The van der Waals surface area contributed by atoms with Crippen LogP contribution in [0.2, 0.25) is 0 Å². The molecule has 0 bridgehead atoms. The lowest BCUT2D eigenvalue weighted by Gasteiger charge is -2.17. The summed E-state index contributed by atoms with van der Waals surface area (Å²) in [7, 11) is 1.57. The van der Waals surface area contributed by atoms with Crippen LogP contribution in [0.15, 0.2) is 76.4 Å². The Bertz CT molecular complexity index is 1330. The van der Waals surface area contributed by atoms with Crippen LogP contribution < -0.4 is 19.5 Å². The van der Waals surface area contributed by atoms with Gasteiger partial charge in [-0.15, -0.1) is 10.2 Å². The zero-order valence-electron chi connectivity index (χ0n) is 18.5. The van der Waals surface area contributed by atoms with Crippen LogP contribution in [0.3, 0.4) is 0 Å². The highest BCUT2D eigenvalue weighted by Gasteiger charge is 2.26. The molecule has 0 saturated heterocycles. The van der Waals surface area contributed by atoms with Crippen LogP contribution in [-0.2, 0) is 4.79 Å². The monoisotopic (exact) mass is 475 g/mol. The second kappa shape index (κ2) is 9.48. The fourth-order valence-electron chi connectivity index (χ4n) is 3.52. The maximum atomic E-state index is 13.4. The van der Waals surface area contributed by atoms with Gasteiger partial charge < -0.3 is 23.9 Å². The fourth-order valence-corrected chi connectivity index (χ4v) is 4.40. The minimum absolute atomic E-state index is 0.184. The summed E-state index contributed by atoms with van der Waals surface area (Å²) in [6, 6.07) is 20.5. The van der Waals surface area contributed by atoms with Crippen molar-refractivity contribution < 1.29 is 23.4 Å². The number of aryl methyl sites for hydroxylation is 1. The van der Waals surface area contributed by atoms with Gasteiger partial charge in [0.25, 0.3) is 5.22 Å². The number of rotatable bonds is 7. The molecule has 1 N–H and O–H groups in total. The van der Waals surface area contributed by atoms with Gasteiger partial charge in [-0.2, -0.15) is 0 Å². The van der Waals surface area contributed by atoms with Gasteiger partial charge in [0.1, 0.15) is 11.0 Å². The number of hydrogen-bond donors (Lipinski definition) is 1. The van der Waals surface area contributed by atoms with E-state index in [2.05, 4.69) is 15.5 Å². The number of anilines is 1. The number of nitrogens with one attached hydrogen (secondary N) is 1. The highest BCUT2D eigenvalue weighted by atomic mass is 32.2. The molecule has 0 fully saturated rings. The number of fused-ring (bicyclic) bond motifs is 1. The molecule has 3 aromatic carbocycles. The van der Waals surface area contributed by atoms with Gasteiger partial charge in [-0.3, -0.25) is 4.79 Å².